The smallest absolute Gasteiger partial charge is 0.348 e. The number of alkyl halides is 3. The second kappa shape index (κ2) is 5.96. The van der Waals surface area contributed by atoms with Crippen LogP contribution in [0.1, 0.15) is 23.3 Å². The molecule has 1 aliphatic heterocycles. The lowest BCUT2D eigenvalue weighted by Gasteiger charge is -2.32. The Hall–Kier alpha value is -1.35. The maximum Gasteiger partial charge on any atom is 0.401 e. The number of hydrogen-bond acceptors (Lipinski definition) is 4. The van der Waals surface area contributed by atoms with Gasteiger partial charge < -0.3 is 10.3 Å². The molecule has 9 heteroatoms. The van der Waals surface area contributed by atoms with Gasteiger partial charge in [-0.15, -0.1) is 0 Å². The predicted molar refractivity (Wildman–Crippen MR) is 67.9 cm³/mol. The Balaban J connectivity index is 1.80. The van der Waals surface area contributed by atoms with Crippen LogP contribution in [0.15, 0.2) is 10.2 Å². The van der Waals surface area contributed by atoms with E-state index in [4.69, 9.17) is 0 Å². The van der Waals surface area contributed by atoms with Crippen LogP contribution in [0.5, 0.6) is 0 Å². The third-order valence-electron chi connectivity index (χ3n) is 3.09. The van der Waals surface area contributed by atoms with E-state index in [1.54, 1.807) is 0 Å². The van der Waals surface area contributed by atoms with Crippen molar-refractivity contribution in [1.82, 2.24) is 15.2 Å². The Kier molecular flexibility index (Phi) is 4.48. The Labute approximate surface area is 116 Å². The number of nitrogens with one attached hydrogen (secondary N) is 2. The van der Waals surface area contributed by atoms with Crippen molar-refractivity contribution in [2.75, 3.05) is 19.6 Å². The van der Waals surface area contributed by atoms with E-state index in [0.29, 0.717) is 25.9 Å². The van der Waals surface area contributed by atoms with Crippen LogP contribution in [0.25, 0.3) is 0 Å². The first-order valence-corrected chi connectivity index (χ1v) is 6.99. The molecule has 20 heavy (non-hydrogen) atoms. The third kappa shape index (κ3) is 4.34. The number of piperidine rings is 1. The lowest BCUT2D eigenvalue weighted by Crippen LogP contribution is -2.47. The predicted octanol–water partition coefficient (Wildman–Crippen LogP) is 1.19. The van der Waals surface area contributed by atoms with Gasteiger partial charge in [-0.3, -0.25) is 14.5 Å². The molecule has 1 amide bonds. The minimum atomic E-state index is -4.19. The van der Waals surface area contributed by atoms with Crippen molar-refractivity contribution in [3.63, 3.8) is 0 Å². The molecule has 0 bridgehead atoms. The van der Waals surface area contributed by atoms with Crippen LogP contribution < -0.4 is 10.2 Å². The molecule has 2 rings (SSSR count). The third-order valence-corrected chi connectivity index (χ3v) is 3.76. The van der Waals surface area contributed by atoms with Gasteiger partial charge in [0.1, 0.15) is 5.69 Å². The zero-order valence-corrected chi connectivity index (χ0v) is 11.3. The maximum absolute atomic E-state index is 12.2. The molecule has 0 spiro atoms. The van der Waals surface area contributed by atoms with Crippen LogP contribution in [0, 0.1) is 0 Å². The fourth-order valence-corrected chi connectivity index (χ4v) is 2.70. The molecule has 2 N–H and O–H groups in total. The molecular weight excluding hydrogens is 295 g/mol. The Bertz CT molecular complexity index is 517. The summed E-state index contributed by atoms with van der Waals surface area (Å²) in [5.74, 6) is -0.391. The summed E-state index contributed by atoms with van der Waals surface area (Å²) in [5, 5.41) is 4.15. The number of carbonyl (C=O) groups excluding carboxylic acids is 1. The number of halogens is 3. The highest BCUT2D eigenvalue weighted by Gasteiger charge is 2.32. The number of carbonyl (C=O) groups is 1. The monoisotopic (exact) mass is 309 g/mol. The van der Waals surface area contributed by atoms with Gasteiger partial charge in [-0.25, -0.2) is 0 Å². The van der Waals surface area contributed by atoms with Crippen LogP contribution in [0.2, 0.25) is 0 Å². The van der Waals surface area contributed by atoms with Crippen molar-refractivity contribution in [2.24, 2.45) is 0 Å². The van der Waals surface area contributed by atoms with Gasteiger partial charge in [-0.05, 0) is 12.8 Å². The van der Waals surface area contributed by atoms with Crippen molar-refractivity contribution in [3.05, 3.63) is 20.7 Å². The zero-order chi connectivity index (χ0) is 14.8. The van der Waals surface area contributed by atoms with Gasteiger partial charge in [0.15, 0.2) is 0 Å². The SMILES string of the molecule is O=C(NC1CCN(CC(F)(F)F)CC1)c1csc(=O)[nH]1. The lowest BCUT2D eigenvalue weighted by molar-refractivity contribution is -0.148. The topological polar surface area (TPSA) is 65.2 Å². The fraction of sp³-hybridized carbons (Fsp3) is 0.636. The molecule has 2 heterocycles. The molecule has 0 aliphatic carbocycles. The summed E-state index contributed by atoms with van der Waals surface area (Å²) < 4.78 is 36.7. The molecule has 1 fully saturated rings. The fourth-order valence-electron chi connectivity index (χ4n) is 2.14. The van der Waals surface area contributed by atoms with Crippen LogP contribution >= 0.6 is 11.3 Å². The minimum absolute atomic E-state index is 0.157. The van der Waals surface area contributed by atoms with Crippen molar-refractivity contribution < 1.29 is 18.0 Å². The van der Waals surface area contributed by atoms with Gasteiger partial charge in [0.05, 0.1) is 6.54 Å². The van der Waals surface area contributed by atoms with Gasteiger partial charge >= 0.3 is 11.0 Å². The number of likely N-dealkylation sites (tertiary alicyclic amines) is 1. The van der Waals surface area contributed by atoms with Gasteiger partial charge in [0.25, 0.3) is 5.91 Å². The first kappa shape index (κ1) is 15.0. The Morgan fingerprint density at radius 2 is 2.10 bits per heavy atom. The van der Waals surface area contributed by atoms with Gasteiger partial charge in [0.2, 0.25) is 0 Å². The first-order valence-electron chi connectivity index (χ1n) is 6.11. The second-order valence-corrected chi connectivity index (χ2v) is 5.54. The minimum Gasteiger partial charge on any atom is -0.348 e. The molecule has 1 saturated heterocycles. The van der Waals surface area contributed by atoms with Gasteiger partial charge in [0, 0.05) is 24.5 Å². The number of thiazole rings is 1. The van der Waals surface area contributed by atoms with E-state index in [1.807, 2.05) is 0 Å². The number of aromatic nitrogens is 1. The molecule has 0 radical (unpaired) electrons. The van der Waals surface area contributed by atoms with Crippen LogP contribution in [0.3, 0.4) is 0 Å². The summed E-state index contributed by atoms with van der Waals surface area (Å²) in [6.45, 7) is -0.319. The zero-order valence-electron chi connectivity index (χ0n) is 10.5. The standard InChI is InChI=1S/C11H14F3N3O2S/c12-11(13,14)6-17-3-1-7(2-4-17)15-9(18)8-5-20-10(19)16-8/h5,7H,1-4,6H2,(H,15,18)(H,16,19). The summed E-state index contributed by atoms with van der Waals surface area (Å²) in [6, 6.07) is -0.157. The molecule has 0 atom stereocenters. The van der Waals surface area contributed by atoms with E-state index in [1.165, 1.54) is 10.3 Å². The molecular formula is C11H14F3N3O2S. The van der Waals surface area contributed by atoms with E-state index >= 15 is 0 Å². The largest absolute Gasteiger partial charge is 0.401 e. The highest BCUT2D eigenvalue weighted by atomic mass is 32.1. The van der Waals surface area contributed by atoms with Crippen molar-refractivity contribution in [3.8, 4) is 0 Å². The average Bonchev–Trinajstić information content (AvgIpc) is 2.77. The van der Waals surface area contributed by atoms with Crippen LogP contribution in [-0.2, 0) is 0 Å². The van der Waals surface area contributed by atoms with E-state index in [9.17, 15) is 22.8 Å². The highest BCUT2D eigenvalue weighted by molar-refractivity contribution is 7.07. The highest BCUT2D eigenvalue weighted by Crippen LogP contribution is 2.19. The van der Waals surface area contributed by atoms with E-state index in [0.717, 1.165) is 11.3 Å². The van der Waals surface area contributed by atoms with E-state index in [2.05, 4.69) is 10.3 Å². The second-order valence-electron chi connectivity index (χ2n) is 4.70. The Morgan fingerprint density at radius 3 is 2.60 bits per heavy atom. The molecule has 1 aromatic heterocycles. The molecule has 0 saturated carbocycles. The molecule has 1 aromatic rings. The maximum atomic E-state index is 12.2. The molecule has 0 unspecified atom stereocenters. The van der Waals surface area contributed by atoms with E-state index < -0.39 is 18.6 Å². The average molecular weight is 309 g/mol. The van der Waals surface area contributed by atoms with E-state index in [-0.39, 0.29) is 16.6 Å². The quantitative estimate of drug-likeness (QED) is 0.881. The number of amides is 1. The normalized spacial score (nSPS) is 18.1. The molecule has 1 aliphatic rings. The summed E-state index contributed by atoms with van der Waals surface area (Å²) >= 11 is 0.896. The number of rotatable bonds is 3. The molecule has 0 aromatic carbocycles. The lowest BCUT2D eigenvalue weighted by atomic mass is 10.0. The summed E-state index contributed by atoms with van der Waals surface area (Å²) in [4.78, 5) is 26.1. The van der Waals surface area contributed by atoms with Crippen LogP contribution in [0.4, 0.5) is 13.2 Å². The number of aromatic amines is 1. The number of hydrogen-bond donors (Lipinski definition) is 2. The van der Waals surface area contributed by atoms with Crippen molar-refractivity contribution in [2.45, 2.75) is 25.1 Å². The van der Waals surface area contributed by atoms with Crippen molar-refractivity contribution >= 4 is 17.2 Å². The number of nitrogens with zero attached hydrogens (tertiary/aromatic N) is 1. The van der Waals surface area contributed by atoms with Crippen LogP contribution in [-0.4, -0.2) is 47.6 Å². The first-order chi connectivity index (χ1) is 9.33. The Morgan fingerprint density at radius 1 is 1.45 bits per heavy atom. The number of H-pyrrole nitrogens is 1. The summed E-state index contributed by atoms with van der Waals surface area (Å²) in [5.41, 5.74) is 0.192. The summed E-state index contributed by atoms with van der Waals surface area (Å²) in [6.07, 6.45) is -3.25. The van der Waals surface area contributed by atoms with Gasteiger partial charge in [-0.1, -0.05) is 11.3 Å². The van der Waals surface area contributed by atoms with Crippen molar-refractivity contribution in [1.29, 1.82) is 0 Å². The van der Waals surface area contributed by atoms with Gasteiger partial charge in [-0.2, -0.15) is 13.2 Å². The molecule has 112 valence electrons. The summed E-state index contributed by atoms with van der Waals surface area (Å²) in [7, 11) is 0. The molecule has 5 nitrogen and oxygen atoms in total.